The molecule has 3 rings (SSSR count). The first-order chi connectivity index (χ1) is 12.6. The molecule has 0 atom stereocenters. The largest absolute Gasteiger partial charge is 0.350 e. The second-order valence-corrected chi connectivity index (χ2v) is 5.81. The Morgan fingerprint density at radius 2 is 1.85 bits per heavy atom. The Balaban J connectivity index is 1.51. The molecule has 2 aromatic heterocycles. The van der Waals surface area contributed by atoms with Crippen LogP contribution >= 0.6 is 0 Å². The highest BCUT2D eigenvalue weighted by molar-refractivity contribution is 5.96. The molecule has 0 spiro atoms. The fraction of sp³-hybridized carbons (Fsp3) is 0.158. The predicted octanol–water partition coefficient (Wildman–Crippen LogP) is 1.53. The topological polar surface area (TPSA) is 88.9 Å². The minimum atomic E-state index is -0.277. The molecule has 0 aliphatic heterocycles. The molecule has 0 saturated heterocycles. The van der Waals surface area contributed by atoms with Gasteiger partial charge >= 0.3 is 0 Å². The molecule has 1 aromatic carbocycles. The number of benzene rings is 1. The number of pyridine rings is 1. The van der Waals surface area contributed by atoms with Crippen LogP contribution in [0.5, 0.6) is 0 Å². The maximum Gasteiger partial charge on any atom is 0.251 e. The van der Waals surface area contributed by atoms with Gasteiger partial charge in [-0.2, -0.15) is 5.10 Å². The highest BCUT2D eigenvalue weighted by Gasteiger charge is 2.08. The van der Waals surface area contributed by atoms with Gasteiger partial charge in [-0.3, -0.25) is 19.3 Å². The highest BCUT2D eigenvalue weighted by Crippen LogP contribution is 2.18. The van der Waals surface area contributed by atoms with Crippen LogP contribution in [0.1, 0.15) is 15.9 Å². The standard InChI is InChI=1S/C19H19N5O2/c1-24-13-17(11-23-24)16-7-14(8-20-10-16)9-21-18(25)12-22-19(26)15-5-3-2-4-6-15/h2-8,10-11,13H,9,12H2,1H3,(H,21,25)(H,22,26). The summed E-state index contributed by atoms with van der Waals surface area (Å²) >= 11 is 0. The van der Waals surface area contributed by atoms with Crippen molar-refractivity contribution in [3.05, 3.63) is 72.3 Å². The number of aryl methyl sites for hydroxylation is 1. The zero-order valence-corrected chi connectivity index (χ0v) is 14.3. The number of nitrogens with one attached hydrogen (secondary N) is 2. The van der Waals surface area contributed by atoms with Crippen LogP contribution in [0.15, 0.2) is 61.2 Å². The van der Waals surface area contributed by atoms with Crippen molar-refractivity contribution < 1.29 is 9.59 Å². The summed E-state index contributed by atoms with van der Waals surface area (Å²) in [6, 6.07) is 10.7. The Kier molecular flexibility index (Phi) is 5.38. The minimum Gasteiger partial charge on any atom is -0.350 e. The zero-order chi connectivity index (χ0) is 18.4. The lowest BCUT2D eigenvalue weighted by molar-refractivity contribution is -0.120. The van der Waals surface area contributed by atoms with Crippen molar-refractivity contribution in [2.75, 3.05) is 6.54 Å². The Labute approximate surface area is 151 Å². The lowest BCUT2D eigenvalue weighted by Gasteiger charge is -2.08. The molecule has 0 bridgehead atoms. The molecule has 132 valence electrons. The van der Waals surface area contributed by atoms with Gasteiger partial charge in [-0.15, -0.1) is 0 Å². The zero-order valence-electron chi connectivity index (χ0n) is 14.3. The number of nitrogens with zero attached hydrogens (tertiary/aromatic N) is 3. The maximum absolute atomic E-state index is 12.0. The Hall–Kier alpha value is -3.48. The third-order valence-corrected chi connectivity index (χ3v) is 3.77. The molecule has 2 heterocycles. The number of hydrogen-bond acceptors (Lipinski definition) is 4. The SMILES string of the molecule is Cn1cc(-c2cncc(CNC(=O)CNC(=O)c3ccccc3)c2)cn1. The van der Waals surface area contributed by atoms with Crippen molar-refractivity contribution in [3.63, 3.8) is 0 Å². The van der Waals surface area contributed by atoms with Crippen molar-refractivity contribution >= 4 is 11.8 Å². The molecular formula is C19H19N5O2. The summed E-state index contributed by atoms with van der Waals surface area (Å²) in [4.78, 5) is 28.1. The van der Waals surface area contributed by atoms with E-state index < -0.39 is 0 Å². The van der Waals surface area contributed by atoms with Gasteiger partial charge in [0.15, 0.2) is 0 Å². The molecule has 0 aliphatic carbocycles. The van der Waals surface area contributed by atoms with Gasteiger partial charge in [0.05, 0.1) is 12.7 Å². The number of aromatic nitrogens is 3. The monoisotopic (exact) mass is 349 g/mol. The fourth-order valence-corrected chi connectivity index (χ4v) is 2.43. The predicted molar refractivity (Wildman–Crippen MR) is 97.1 cm³/mol. The van der Waals surface area contributed by atoms with E-state index in [2.05, 4.69) is 20.7 Å². The van der Waals surface area contributed by atoms with Crippen LogP contribution in [0.3, 0.4) is 0 Å². The summed E-state index contributed by atoms with van der Waals surface area (Å²) < 4.78 is 1.72. The van der Waals surface area contributed by atoms with Crippen molar-refractivity contribution in [2.24, 2.45) is 7.05 Å². The van der Waals surface area contributed by atoms with E-state index in [4.69, 9.17) is 0 Å². The molecule has 7 nitrogen and oxygen atoms in total. The van der Waals surface area contributed by atoms with E-state index in [9.17, 15) is 9.59 Å². The molecule has 0 aliphatic rings. The molecule has 2 N–H and O–H groups in total. The van der Waals surface area contributed by atoms with Crippen molar-refractivity contribution in [2.45, 2.75) is 6.54 Å². The van der Waals surface area contributed by atoms with Crippen LogP contribution in [0.4, 0.5) is 0 Å². The summed E-state index contributed by atoms with van der Waals surface area (Å²) in [7, 11) is 1.85. The Bertz CT molecular complexity index is 905. The van der Waals surface area contributed by atoms with Crippen LogP contribution in [-0.4, -0.2) is 33.1 Å². The number of rotatable bonds is 6. The molecule has 3 aromatic rings. The van der Waals surface area contributed by atoms with Crippen LogP contribution in [0, 0.1) is 0 Å². The number of hydrogen-bond donors (Lipinski definition) is 2. The third-order valence-electron chi connectivity index (χ3n) is 3.77. The normalized spacial score (nSPS) is 10.3. The smallest absolute Gasteiger partial charge is 0.251 e. The minimum absolute atomic E-state index is 0.0799. The van der Waals surface area contributed by atoms with Crippen LogP contribution in [-0.2, 0) is 18.4 Å². The van der Waals surface area contributed by atoms with E-state index in [1.54, 1.807) is 47.5 Å². The van der Waals surface area contributed by atoms with Crippen molar-refractivity contribution in [1.29, 1.82) is 0 Å². The molecule has 0 fully saturated rings. The summed E-state index contributed by atoms with van der Waals surface area (Å²) in [6.07, 6.45) is 7.11. The van der Waals surface area contributed by atoms with Gasteiger partial charge in [0.1, 0.15) is 0 Å². The highest BCUT2D eigenvalue weighted by atomic mass is 16.2. The van der Waals surface area contributed by atoms with Crippen LogP contribution in [0.2, 0.25) is 0 Å². The summed E-state index contributed by atoms with van der Waals surface area (Å²) in [5.41, 5.74) is 3.29. The van der Waals surface area contributed by atoms with E-state index in [1.807, 2.05) is 25.4 Å². The fourth-order valence-electron chi connectivity index (χ4n) is 2.43. The third kappa shape index (κ3) is 4.54. The van der Waals surface area contributed by atoms with Crippen LogP contribution < -0.4 is 10.6 Å². The lowest BCUT2D eigenvalue weighted by atomic mass is 10.1. The van der Waals surface area contributed by atoms with Gasteiger partial charge in [-0.25, -0.2) is 0 Å². The van der Waals surface area contributed by atoms with E-state index in [0.29, 0.717) is 12.1 Å². The van der Waals surface area contributed by atoms with E-state index in [1.165, 1.54) is 0 Å². The van der Waals surface area contributed by atoms with Gasteiger partial charge in [-0.1, -0.05) is 18.2 Å². The first-order valence-corrected chi connectivity index (χ1v) is 8.15. The van der Waals surface area contributed by atoms with Gasteiger partial charge in [0.2, 0.25) is 5.91 Å². The second-order valence-electron chi connectivity index (χ2n) is 5.81. The number of carbonyl (C=O) groups is 2. The average molecular weight is 349 g/mol. The Morgan fingerprint density at radius 3 is 2.58 bits per heavy atom. The number of amides is 2. The van der Waals surface area contributed by atoms with Crippen molar-refractivity contribution in [1.82, 2.24) is 25.4 Å². The van der Waals surface area contributed by atoms with Gasteiger partial charge in [-0.05, 0) is 23.8 Å². The summed E-state index contributed by atoms with van der Waals surface area (Å²) in [5.74, 6) is -0.540. The first-order valence-electron chi connectivity index (χ1n) is 8.15. The van der Waals surface area contributed by atoms with E-state index in [-0.39, 0.29) is 18.4 Å². The van der Waals surface area contributed by atoms with Gasteiger partial charge in [0, 0.05) is 48.9 Å². The van der Waals surface area contributed by atoms with E-state index >= 15 is 0 Å². The molecule has 0 radical (unpaired) electrons. The summed E-state index contributed by atoms with van der Waals surface area (Å²) in [6.45, 7) is 0.255. The van der Waals surface area contributed by atoms with Crippen LogP contribution in [0.25, 0.3) is 11.1 Å². The molecule has 2 amide bonds. The Morgan fingerprint density at radius 1 is 1.04 bits per heavy atom. The molecule has 7 heteroatoms. The second kappa shape index (κ2) is 8.06. The molecular weight excluding hydrogens is 330 g/mol. The number of carbonyl (C=O) groups excluding carboxylic acids is 2. The molecule has 0 saturated carbocycles. The molecule has 0 unspecified atom stereocenters. The maximum atomic E-state index is 12.0. The average Bonchev–Trinajstić information content (AvgIpc) is 3.12. The summed E-state index contributed by atoms with van der Waals surface area (Å²) in [5, 5.41) is 9.51. The van der Waals surface area contributed by atoms with Gasteiger partial charge in [0.25, 0.3) is 5.91 Å². The van der Waals surface area contributed by atoms with E-state index in [0.717, 1.165) is 16.7 Å². The van der Waals surface area contributed by atoms with Gasteiger partial charge < -0.3 is 10.6 Å². The first kappa shape index (κ1) is 17.3. The quantitative estimate of drug-likeness (QED) is 0.706. The molecule has 26 heavy (non-hydrogen) atoms. The van der Waals surface area contributed by atoms with Crippen molar-refractivity contribution in [3.8, 4) is 11.1 Å². The lowest BCUT2D eigenvalue weighted by Crippen LogP contribution is -2.36.